The minimum Gasteiger partial charge on any atom is -0.369 e. The third-order valence-electron chi connectivity index (χ3n) is 8.04. The van der Waals surface area contributed by atoms with Crippen molar-refractivity contribution in [2.45, 2.75) is 50.2 Å². The monoisotopic (exact) mass is 454 g/mol. The number of carbonyl (C=O) groups excluding carboxylic acids is 3. The van der Waals surface area contributed by atoms with Crippen molar-refractivity contribution >= 4 is 23.3 Å². The fourth-order valence-corrected chi connectivity index (χ4v) is 6.19. The molecule has 0 radical (unpaired) electrons. The van der Waals surface area contributed by atoms with Gasteiger partial charge in [-0.15, -0.1) is 0 Å². The van der Waals surface area contributed by atoms with Crippen molar-refractivity contribution in [1.29, 1.82) is 0 Å². The lowest BCUT2D eigenvalue weighted by Gasteiger charge is -2.35. The second kappa shape index (κ2) is 9.06. The molecule has 33 heavy (non-hydrogen) atoms. The molecular weight excluding hydrogens is 420 g/mol. The van der Waals surface area contributed by atoms with Gasteiger partial charge in [0.15, 0.2) is 5.78 Å². The molecule has 0 bridgehead atoms. The van der Waals surface area contributed by atoms with E-state index in [9.17, 15) is 14.4 Å². The quantitative estimate of drug-likeness (QED) is 0.722. The first-order chi connectivity index (χ1) is 15.9. The molecule has 0 aromatic heterocycles. The lowest BCUT2D eigenvalue weighted by Crippen LogP contribution is -2.46. The van der Waals surface area contributed by atoms with Crippen LogP contribution in [0.25, 0.3) is 0 Å². The lowest BCUT2D eigenvalue weighted by molar-refractivity contribution is -0.138. The fourth-order valence-electron chi connectivity index (χ4n) is 6.19. The van der Waals surface area contributed by atoms with Crippen LogP contribution in [-0.4, -0.2) is 85.9 Å². The molecule has 1 aromatic rings. The maximum absolute atomic E-state index is 14.1. The van der Waals surface area contributed by atoms with Crippen LogP contribution in [0.3, 0.4) is 0 Å². The van der Waals surface area contributed by atoms with Crippen molar-refractivity contribution in [2.75, 3.05) is 51.3 Å². The molecular formula is C25H34N4O4. The molecule has 4 aliphatic rings. The number of fused-ring (bicyclic) bond motifs is 1. The van der Waals surface area contributed by atoms with Gasteiger partial charge in [-0.2, -0.15) is 0 Å². The Morgan fingerprint density at radius 2 is 1.79 bits per heavy atom. The summed E-state index contributed by atoms with van der Waals surface area (Å²) in [5, 5.41) is 0. The average molecular weight is 455 g/mol. The standard InChI is InChI=1S/C25H34N4O4/c1-27-10-12-28(13-11-27)17-6-7-18(24(26)31)19(14-17)22(16-4-2-3-5-16)25(32)29-9-8-21-23(29)20(30)15-33-21/h6-7,14,16,21-23H,2-5,8-13,15H2,1H3,(H2,26,31)/t21-,22+,23-/m1/s1. The van der Waals surface area contributed by atoms with Gasteiger partial charge in [0.2, 0.25) is 11.8 Å². The van der Waals surface area contributed by atoms with Gasteiger partial charge in [0.05, 0.1) is 12.0 Å². The number of likely N-dealkylation sites (N-methyl/N-ethyl adjacent to an activating group) is 1. The van der Waals surface area contributed by atoms with Gasteiger partial charge in [-0.05, 0) is 56.0 Å². The van der Waals surface area contributed by atoms with Crippen LogP contribution >= 0.6 is 0 Å². The zero-order valence-corrected chi connectivity index (χ0v) is 19.4. The van der Waals surface area contributed by atoms with Gasteiger partial charge < -0.3 is 25.2 Å². The van der Waals surface area contributed by atoms with E-state index >= 15 is 0 Å². The van der Waals surface area contributed by atoms with Crippen LogP contribution in [0, 0.1) is 5.92 Å². The van der Waals surface area contributed by atoms with E-state index in [0.29, 0.717) is 18.5 Å². The summed E-state index contributed by atoms with van der Waals surface area (Å²) in [7, 11) is 2.12. The highest BCUT2D eigenvalue weighted by Crippen LogP contribution is 2.42. The number of hydrogen-bond acceptors (Lipinski definition) is 6. The van der Waals surface area contributed by atoms with E-state index in [1.54, 1.807) is 11.0 Å². The number of likely N-dealkylation sites (tertiary alicyclic amines) is 1. The molecule has 0 spiro atoms. The number of carbonyl (C=O) groups is 3. The molecule has 2 N–H and O–H groups in total. The first-order valence-electron chi connectivity index (χ1n) is 12.3. The first-order valence-corrected chi connectivity index (χ1v) is 12.3. The lowest BCUT2D eigenvalue weighted by atomic mass is 9.80. The molecule has 3 heterocycles. The maximum atomic E-state index is 14.1. The van der Waals surface area contributed by atoms with Crippen molar-refractivity contribution in [3.8, 4) is 0 Å². The van der Waals surface area contributed by atoms with Crippen molar-refractivity contribution in [1.82, 2.24) is 9.80 Å². The molecule has 8 heteroatoms. The Morgan fingerprint density at radius 1 is 1.06 bits per heavy atom. The summed E-state index contributed by atoms with van der Waals surface area (Å²) < 4.78 is 5.62. The van der Waals surface area contributed by atoms with Crippen LogP contribution < -0.4 is 10.6 Å². The molecule has 8 nitrogen and oxygen atoms in total. The van der Waals surface area contributed by atoms with Gasteiger partial charge in [0.25, 0.3) is 0 Å². The zero-order valence-electron chi connectivity index (χ0n) is 19.4. The molecule has 4 fully saturated rings. The SMILES string of the molecule is CN1CCN(c2ccc(C(N)=O)c([C@@H](C(=O)N3CC[C@H]4OCC(=O)[C@H]43)C3CCCC3)c2)CC1. The van der Waals surface area contributed by atoms with Gasteiger partial charge in [-0.1, -0.05) is 12.8 Å². The van der Waals surface area contributed by atoms with E-state index in [-0.39, 0.29) is 30.3 Å². The Bertz CT molecular complexity index is 936. The number of ketones is 1. The number of benzene rings is 1. The molecule has 178 valence electrons. The third kappa shape index (κ3) is 4.15. The van der Waals surface area contributed by atoms with Crippen molar-refractivity contribution < 1.29 is 19.1 Å². The number of primary amides is 1. The number of Topliss-reactive ketones (excluding diaryl/α,β-unsaturated/α-hetero) is 1. The van der Waals surface area contributed by atoms with Gasteiger partial charge >= 0.3 is 0 Å². The third-order valence-corrected chi connectivity index (χ3v) is 8.04. The number of nitrogens with two attached hydrogens (primary N) is 1. The molecule has 0 unspecified atom stereocenters. The van der Waals surface area contributed by atoms with Crippen LogP contribution in [0.1, 0.15) is 53.9 Å². The summed E-state index contributed by atoms with van der Waals surface area (Å²) >= 11 is 0. The highest BCUT2D eigenvalue weighted by Gasteiger charge is 2.49. The topological polar surface area (TPSA) is 96.2 Å². The second-order valence-electron chi connectivity index (χ2n) is 10.0. The Labute approximate surface area is 195 Å². The van der Waals surface area contributed by atoms with E-state index in [2.05, 4.69) is 16.8 Å². The average Bonchev–Trinajstić information content (AvgIpc) is 3.54. The Morgan fingerprint density at radius 3 is 2.48 bits per heavy atom. The van der Waals surface area contributed by atoms with Gasteiger partial charge in [-0.25, -0.2) is 0 Å². The van der Waals surface area contributed by atoms with Gasteiger partial charge in [-0.3, -0.25) is 14.4 Å². The van der Waals surface area contributed by atoms with Gasteiger partial charge in [0, 0.05) is 44.0 Å². The number of piperazine rings is 1. The van der Waals surface area contributed by atoms with E-state index in [0.717, 1.165) is 63.1 Å². The molecule has 1 aromatic carbocycles. The summed E-state index contributed by atoms with van der Waals surface area (Å²) in [5.41, 5.74) is 7.97. The predicted octanol–water partition coefficient (Wildman–Crippen LogP) is 1.38. The summed E-state index contributed by atoms with van der Waals surface area (Å²) in [4.78, 5) is 45.4. The molecule has 3 atom stereocenters. The Hall–Kier alpha value is -2.45. The normalized spacial score (nSPS) is 27.2. The minimum absolute atomic E-state index is 0.0164. The summed E-state index contributed by atoms with van der Waals surface area (Å²) in [6.45, 7) is 4.34. The van der Waals surface area contributed by atoms with Gasteiger partial charge in [0.1, 0.15) is 12.6 Å². The molecule has 3 aliphatic heterocycles. The summed E-state index contributed by atoms with van der Waals surface area (Å²) in [6.07, 6.45) is 4.53. The van der Waals surface area contributed by atoms with Crippen LogP contribution in [-0.2, 0) is 14.3 Å². The zero-order chi connectivity index (χ0) is 23.1. The Kier molecular flexibility index (Phi) is 6.14. The van der Waals surface area contributed by atoms with Crippen LogP contribution in [0.15, 0.2) is 18.2 Å². The highest BCUT2D eigenvalue weighted by molar-refractivity contribution is 5.99. The number of rotatable bonds is 5. The first kappa shape index (κ1) is 22.3. The van der Waals surface area contributed by atoms with E-state index in [4.69, 9.17) is 10.5 Å². The molecule has 3 saturated heterocycles. The molecule has 1 saturated carbocycles. The number of amides is 2. The molecule has 2 amide bonds. The smallest absolute Gasteiger partial charge is 0.249 e. The Balaban J connectivity index is 1.53. The second-order valence-corrected chi connectivity index (χ2v) is 10.0. The highest BCUT2D eigenvalue weighted by atomic mass is 16.5. The van der Waals surface area contributed by atoms with Crippen LogP contribution in [0.2, 0.25) is 0 Å². The van der Waals surface area contributed by atoms with E-state index < -0.39 is 17.9 Å². The number of nitrogens with zero attached hydrogens (tertiary/aromatic N) is 3. The number of anilines is 1. The predicted molar refractivity (Wildman–Crippen MR) is 124 cm³/mol. The minimum atomic E-state index is -0.509. The van der Waals surface area contributed by atoms with Crippen LogP contribution in [0.5, 0.6) is 0 Å². The van der Waals surface area contributed by atoms with Crippen molar-refractivity contribution in [3.05, 3.63) is 29.3 Å². The molecule has 1 aliphatic carbocycles. The number of hydrogen-bond donors (Lipinski definition) is 1. The van der Waals surface area contributed by atoms with E-state index in [1.165, 1.54) is 0 Å². The number of ether oxygens (including phenoxy) is 1. The largest absolute Gasteiger partial charge is 0.369 e. The fraction of sp³-hybridized carbons (Fsp3) is 0.640. The van der Waals surface area contributed by atoms with Crippen molar-refractivity contribution in [2.24, 2.45) is 11.7 Å². The van der Waals surface area contributed by atoms with Crippen molar-refractivity contribution in [3.63, 3.8) is 0 Å². The summed E-state index contributed by atoms with van der Waals surface area (Å²) in [5.74, 6) is -0.890. The van der Waals surface area contributed by atoms with E-state index in [1.807, 2.05) is 12.1 Å². The maximum Gasteiger partial charge on any atom is 0.249 e. The van der Waals surface area contributed by atoms with Crippen LogP contribution in [0.4, 0.5) is 5.69 Å². The summed E-state index contributed by atoms with van der Waals surface area (Å²) in [6, 6.07) is 5.27. The molecule has 5 rings (SSSR count).